The number of fused-ring (bicyclic) bond motifs is 15. The summed E-state index contributed by atoms with van der Waals surface area (Å²) in [6, 6.07) is 139. The van der Waals surface area contributed by atoms with Crippen LogP contribution in [0.5, 0.6) is 23.0 Å². The highest BCUT2D eigenvalue weighted by atomic mass is 16.5. The maximum absolute atomic E-state index is 8.30. The Balaban J connectivity index is 0.876. The molecular formula is C114H88B2N4O2. The Morgan fingerprint density at radius 1 is 0.221 bits per heavy atom. The average molecular weight is 1570 g/mol. The molecule has 4 aliphatic rings. The molecule has 2 aromatic heterocycles. The molecule has 0 atom stereocenters. The summed E-state index contributed by atoms with van der Waals surface area (Å²) in [5.74, 6) is 3.12. The van der Waals surface area contributed by atoms with E-state index in [2.05, 4.69) is 451 Å². The first-order chi connectivity index (χ1) is 59.4. The van der Waals surface area contributed by atoms with Crippen LogP contribution in [0, 0.1) is 0 Å². The zero-order valence-electron chi connectivity index (χ0n) is 70.0. The second kappa shape index (κ2) is 27.6. The van der Waals surface area contributed by atoms with Gasteiger partial charge in [0.1, 0.15) is 23.0 Å². The van der Waals surface area contributed by atoms with Gasteiger partial charge in [-0.15, -0.1) is 0 Å². The van der Waals surface area contributed by atoms with Crippen LogP contribution < -0.4 is 52.1 Å². The monoisotopic (exact) mass is 1570 g/mol. The lowest BCUT2D eigenvalue weighted by Gasteiger charge is -2.47. The van der Waals surface area contributed by atoms with Crippen molar-refractivity contribution in [1.82, 2.24) is 9.13 Å². The molecule has 8 heteroatoms. The molecule has 0 unspecified atom stereocenters. The van der Waals surface area contributed by atoms with Crippen molar-refractivity contribution in [3.05, 3.63) is 387 Å². The molecule has 0 aliphatic carbocycles. The maximum Gasteiger partial charge on any atom is 0.260 e. The van der Waals surface area contributed by atoms with Crippen molar-refractivity contribution in [2.45, 2.75) is 78.6 Å². The lowest BCUT2D eigenvalue weighted by molar-refractivity contribution is 0.466. The third kappa shape index (κ3) is 11.6. The number of hydrogen-bond donors (Lipinski definition) is 0. The number of para-hydroxylation sites is 2. The van der Waals surface area contributed by atoms with E-state index < -0.39 is 13.4 Å². The van der Waals surface area contributed by atoms with Gasteiger partial charge in [0.25, 0.3) is 13.4 Å². The number of nitrogens with zero attached hydrogens (tertiary/aromatic N) is 4. The number of benzene rings is 17. The van der Waals surface area contributed by atoms with Crippen molar-refractivity contribution >= 4 is 124 Å². The molecule has 17 aromatic carbocycles. The molecule has 0 fully saturated rings. The molecule has 122 heavy (non-hydrogen) atoms. The van der Waals surface area contributed by atoms with Gasteiger partial charge in [-0.2, -0.15) is 0 Å². The first-order valence-electron chi connectivity index (χ1n) is 42.9. The van der Waals surface area contributed by atoms with Gasteiger partial charge in [-0.05, 0) is 213 Å². The molecule has 0 saturated carbocycles. The standard InChI is InChI=1S/C114H88B2N4O2/c1-112(2,3)81-51-57-98-89(65-81)90-66-82(113(4,5)6)52-58-99(90)117(98)84-53-54-91-100(69-84)119(96-55-48-77(71-32-16-10-17-33-71)60-87(96)75-40-24-14-25-41-75)101-67-83(114(7,8)9)68-102-107(101)116(91)108-103(120(102)97-56-49-78(72-34-18-11-19-35-72)61-88(97)76-42-26-15-27-43-76)70-106-109-111(108)121-105-59-50-79(73-36-20-12-21-37-73)62-92(105)115(109)93-63-80(74-38-22-13-23-39-74)64-104(110(93)122-106)118-94-46-30-28-44-85(94)86-45-29-31-47-95(86)118/h10-70H,1-9H3. The van der Waals surface area contributed by atoms with Crippen molar-refractivity contribution in [3.63, 3.8) is 0 Å². The predicted molar refractivity (Wildman–Crippen MR) is 516 cm³/mol. The molecular weight excluding hydrogens is 1480 g/mol. The van der Waals surface area contributed by atoms with Crippen LogP contribution >= 0.6 is 0 Å². The van der Waals surface area contributed by atoms with E-state index >= 15 is 0 Å². The van der Waals surface area contributed by atoms with Gasteiger partial charge in [0.15, 0.2) is 0 Å². The van der Waals surface area contributed by atoms with Crippen LogP contribution in [-0.2, 0) is 16.2 Å². The Bertz CT molecular complexity index is 7380. The third-order valence-electron chi connectivity index (χ3n) is 26.3. The summed E-state index contributed by atoms with van der Waals surface area (Å²) in [7, 11) is 0. The minimum atomic E-state index is -0.453. The van der Waals surface area contributed by atoms with Gasteiger partial charge in [0.05, 0.1) is 39.1 Å². The topological polar surface area (TPSA) is 34.8 Å². The van der Waals surface area contributed by atoms with E-state index in [9.17, 15) is 0 Å². The van der Waals surface area contributed by atoms with E-state index in [0.29, 0.717) is 0 Å². The molecule has 6 heterocycles. The molecule has 6 nitrogen and oxygen atoms in total. The maximum atomic E-state index is 8.30. The average Bonchev–Trinajstić information content (AvgIpc) is 0.859. The lowest BCUT2D eigenvalue weighted by Crippen LogP contribution is -2.65. The van der Waals surface area contributed by atoms with E-state index in [-0.39, 0.29) is 16.2 Å². The van der Waals surface area contributed by atoms with Crippen molar-refractivity contribution in [1.29, 1.82) is 0 Å². The van der Waals surface area contributed by atoms with Crippen LogP contribution in [0.3, 0.4) is 0 Å². The molecule has 0 bridgehead atoms. The summed E-state index contributed by atoms with van der Waals surface area (Å²) in [6.45, 7) is 20.3. The smallest absolute Gasteiger partial charge is 0.260 e. The Labute approximate surface area is 714 Å². The van der Waals surface area contributed by atoms with Crippen LogP contribution in [0.4, 0.5) is 34.1 Å². The lowest BCUT2D eigenvalue weighted by atomic mass is 9.30. The molecule has 19 aromatic rings. The van der Waals surface area contributed by atoms with Crippen LogP contribution in [0.25, 0.3) is 122 Å². The molecule has 582 valence electrons. The summed E-state index contributed by atoms with van der Waals surface area (Å²) in [5, 5.41) is 4.82. The molecule has 0 N–H and O–H groups in total. The van der Waals surface area contributed by atoms with E-state index in [0.717, 1.165) is 185 Å². The Morgan fingerprint density at radius 2 is 0.639 bits per heavy atom. The number of rotatable bonds is 10. The third-order valence-corrected chi connectivity index (χ3v) is 26.3. The van der Waals surface area contributed by atoms with Crippen LogP contribution in [0.2, 0.25) is 0 Å². The van der Waals surface area contributed by atoms with E-state index in [1.807, 2.05) is 0 Å². The Morgan fingerprint density at radius 3 is 1.14 bits per heavy atom. The molecule has 4 aliphatic heterocycles. The minimum absolute atomic E-state index is 0.0889. The van der Waals surface area contributed by atoms with E-state index in [1.54, 1.807) is 0 Å². The van der Waals surface area contributed by atoms with Gasteiger partial charge in [0, 0.05) is 72.6 Å². The fourth-order valence-electron chi connectivity index (χ4n) is 20.1. The minimum Gasteiger partial charge on any atom is -0.459 e. The van der Waals surface area contributed by atoms with Crippen LogP contribution in [-0.4, -0.2) is 22.6 Å². The van der Waals surface area contributed by atoms with Gasteiger partial charge >= 0.3 is 0 Å². The van der Waals surface area contributed by atoms with Gasteiger partial charge in [-0.1, -0.05) is 329 Å². The fourth-order valence-corrected chi connectivity index (χ4v) is 20.1. The Hall–Kier alpha value is -14.3. The van der Waals surface area contributed by atoms with Crippen molar-refractivity contribution < 1.29 is 9.47 Å². The van der Waals surface area contributed by atoms with E-state index in [1.165, 1.54) is 43.7 Å². The van der Waals surface area contributed by atoms with Gasteiger partial charge in [-0.3, -0.25) is 0 Å². The van der Waals surface area contributed by atoms with Gasteiger partial charge in [-0.25, -0.2) is 0 Å². The summed E-state index contributed by atoms with van der Waals surface area (Å²) in [5.41, 5.74) is 35.9. The first kappa shape index (κ1) is 72.9. The molecule has 0 spiro atoms. The van der Waals surface area contributed by atoms with Crippen molar-refractivity contribution in [3.8, 4) is 101 Å². The number of ether oxygens (including phenoxy) is 2. The molecule has 0 radical (unpaired) electrons. The molecule has 0 saturated heterocycles. The van der Waals surface area contributed by atoms with E-state index in [4.69, 9.17) is 9.47 Å². The SMILES string of the molecule is CC(C)(C)c1cc2c3c(c1)N(c1ccc(-c4ccccc4)cc1-c1ccccc1)c1cc4c5c(c1B3c1ccc(-n3c6ccc(C(C)(C)C)cc6c6cc(C(C)(C)C)ccc63)cc1N2c1ccc(-c2ccccc2)cc1-c1ccccc1)Oc1ccc(-c2ccccc2)cc1B5c1cc(-c2ccccc2)cc(-n2c3ccccc3c3ccccc32)c1O4. The van der Waals surface area contributed by atoms with Gasteiger partial charge < -0.3 is 28.4 Å². The summed E-state index contributed by atoms with van der Waals surface area (Å²) in [6.07, 6.45) is 0. The van der Waals surface area contributed by atoms with Crippen molar-refractivity contribution in [2.24, 2.45) is 0 Å². The predicted octanol–water partition coefficient (Wildman–Crippen LogP) is 26.6. The van der Waals surface area contributed by atoms with Crippen LogP contribution in [0.15, 0.2) is 370 Å². The second-order valence-corrected chi connectivity index (χ2v) is 36.7. The first-order valence-corrected chi connectivity index (χ1v) is 42.9. The Kier molecular flexibility index (Phi) is 16.5. The summed E-state index contributed by atoms with van der Waals surface area (Å²) >= 11 is 0. The van der Waals surface area contributed by atoms with Crippen LogP contribution in [0.1, 0.15) is 79.0 Å². The summed E-state index contributed by atoms with van der Waals surface area (Å²) < 4.78 is 21.6. The second-order valence-electron chi connectivity index (χ2n) is 36.7. The highest BCUT2D eigenvalue weighted by Crippen LogP contribution is 2.55. The zero-order valence-corrected chi connectivity index (χ0v) is 70.0. The highest BCUT2D eigenvalue weighted by Gasteiger charge is 2.52. The number of anilines is 6. The number of aromatic nitrogens is 2. The highest BCUT2D eigenvalue weighted by molar-refractivity contribution is 7.03. The van der Waals surface area contributed by atoms with Crippen molar-refractivity contribution in [2.75, 3.05) is 9.80 Å². The quantitative estimate of drug-likeness (QED) is 0.128. The largest absolute Gasteiger partial charge is 0.459 e. The molecule has 0 amide bonds. The number of hydrogen-bond acceptors (Lipinski definition) is 4. The van der Waals surface area contributed by atoms with Gasteiger partial charge in [0.2, 0.25) is 0 Å². The normalized spacial score (nSPS) is 13.2. The molecule has 23 rings (SSSR count). The summed E-state index contributed by atoms with van der Waals surface area (Å²) in [4.78, 5) is 5.29. The fraction of sp³-hybridized carbons (Fsp3) is 0.105. The zero-order chi connectivity index (χ0) is 82.2.